The van der Waals surface area contributed by atoms with Crippen molar-refractivity contribution in [3.8, 4) is 0 Å². The molecule has 16 heavy (non-hydrogen) atoms. The minimum atomic E-state index is -4.65. The number of rotatable bonds is 7. The standard InChI is InChI=1S/C8H13F6NO/c9-7(10,11)3-1-2-4-15-5-6-16-8(12,13)14/h15H,1-6H2. The van der Waals surface area contributed by atoms with Crippen molar-refractivity contribution in [2.45, 2.75) is 31.8 Å². The number of halogens is 6. The van der Waals surface area contributed by atoms with Crippen molar-refractivity contribution in [2.75, 3.05) is 19.7 Å². The van der Waals surface area contributed by atoms with Crippen LogP contribution in [-0.4, -0.2) is 32.2 Å². The van der Waals surface area contributed by atoms with E-state index in [1.165, 1.54) is 0 Å². The van der Waals surface area contributed by atoms with Crippen molar-refractivity contribution < 1.29 is 31.1 Å². The second-order valence-corrected chi connectivity index (χ2v) is 3.12. The van der Waals surface area contributed by atoms with Gasteiger partial charge < -0.3 is 5.32 Å². The zero-order valence-electron chi connectivity index (χ0n) is 8.42. The summed E-state index contributed by atoms with van der Waals surface area (Å²) in [6.45, 7) is -0.328. The average Bonchev–Trinajstić information content (AvgIpc) is 2.06. The molecule has 0 unspecified atom stereocenters. The van der Waals surface area contributed by atoms with Gasteiger partial charge >= 0.3 is 12.5 Å². The van der Waals surface area contributed by atoms with Crippen molar-refractivity contribution in [2.24, 2.45) is 0 Å². The molecule has 0 aliphatic heterocycles. The first kappa shape index (κ1) is 15.5. The number of alkyl halides is 6. The van der Waals surface area contributed by atoms with E-state index in [4.69, 9.17) is 0 Å². The van der Waals surface area contributed by atoms with Crippen LogP contribution in [0.1, 0.15) is 19.3 Å². The summed E-state index contributed by atoms with van der Waals surface area (Å²) in [6.07, 6.45) is -9.45. The molecular weight excluding hydrogens is 240 g/mol. The minimum Gasteiger partial charge on any atom is -0.314 e. The molecule has 8 heteroatoms. The molecule has 0 fully saturated rings. The monoisotopic (exact) mass is 253 g/mol. The maximum atomic E-state index is 11.7. The molecule has 0 bridgehead atoms. The summed E-state index contributed by atoms with van der Waals surface area (Å²) in [4.78, 5) is 0. The van der Waals surface area contributed by atoms with E-state index in [1.807, 2.05) is 0 Å². The fourth-order valence-corrected chi connectivity index (χ4v) is 0.939. The summed E-state index contributed by atoms with van der Waals surface area (Å²) in [5.74, 6) is 0. The third-order valence-corrected chi connectivity index (χ3v) is 1.61. The lowest BCUT2D eigenvalue weighted by Crippen LogP contribution is -2.25. The zero-order chi connectivity index (χ0) is 12.7. The van der Waals surface area contributed by atoms with Gasteiger partial charge in [0.25, 0.3) is 0 Å². The van der Waals surface area contributed by atoms with Gasteiger partial charge in [-0.05, 0) is 19.4 Å². The molecule has 0 atom stereocenters. The molecule has 0 aromatic rings. The Bertz CT molecular complexity index is 158. The number of hydrogen-bond acceptors (Lipinski definition) is 2. The van der Waals surface area contributed by atoms with Crippen LogP contribution in [0.15, 0.2) is 0 Å². The van der Waals surface area contributed by atoms with Crippen molar-refractivity contribution in [1.82, 2.24) is 5.32 Å². The second kappa shape index (κ2) is 6.95. The van der Waals surface area contributed by atoms with Gasteiger partial charge in [0.05, 0.1) is 6.61 Å². The molecule has 0 amide bonds. The fraction of sp³-hybridized carbons (Fsp3) is 1.00. The van der Waals surface area contributed by atoms with Crippen LogP contribution in [0.5, 0.6) is 0 Å². The summed E-state index contributed by atoms with van der Waals surface area (Å²) >= 11 is 0. The highest BCUT2D eigenvalue weighted by Crippen LogP contribution is 2.21. The summed E-state index contributed by atoms with van der Waals surface area (Å²) in [5, 5.41) is 2.55. The number of hydrogen-bond donors (Lipinski definition) is 1. The van der Waals surface area contributed by atoms with Crippen LogP contribution in [0.25, 0.3) is 0 Å². The van der Waals surface area contributed by atoms with Crippen LogP contribution in [0.2, 0.25) is 0 Å². The van der Waals surface area contributed by atoms with Crippen LogP contribution in [-0.2, 0) is 4.74 Å². The normalized spacial score (nSPS) is 13.1. The summed E-state index contributed by atoms with van der Waals surface area (Å²) in [7, 11) is 0. The predicted octanol–water partition coefficient (Wildman–Crippen LogP) is 2.85. The first-order valence-corrected chi connectivity index (χ1v) is 4.69. The molecule has 0 aliphatic carbocycles. The molecular formula is C8H13F6NO. The van der Waals surface area contributed by atoms with Crippen molar-refractivity contribution in [3.63, 3.8) is 0 Å². The molecule has 98 valence electrons. The Balaban J connectivity index is 3.17. The second-order valence-electron chi connectivity index (χ2n) is 3.12. The van der Waals surface area contributed by atoms with E-state index in [0.717, 1.165) is 0 Å². The molecule has 1 N–H and O–H groups in total. The highest BCUT2D eigenvalue weighted by atomic mass is 19.4. The predicted molar refractivity (Wildman–Crippen MR) is 44.8 cm³/mol. The first-order valence-electron chi connectivity index (χ1n) is 4.69. The molecule has 0 aromatic carbocycles. The SMILES string of the molecule is FC(F)(F)CCCCNCCOC(F)(F)F. The molecule has 0 radical (unpaired) electrons. The summed E-state index contributed by atoms with van der Waals surface area (Å²) < 4.78 is 72.7. The Labute approximate surface area is 89.0 Å². The van der Waals surface area contributed by atoms with E-state index in [-0.39, 0.29) is 25.9 Å². The minimum absolute atomic E-state index is 0.0311. The Morgan fingerprint density at radius 3 is 2.00 bits per heavy atom. The molecule has 0 saturated carbocycles. The molecule has 0 spiro atoms. The number of nitrogens with one attached hydrogen (secondary N) is 1. The number of unbranched alkanes of at least 4 members (excludes halogenated alkanes) is 1. The molecule has 0 heterocycles. The van der Waals surface area contributed by atoms with Crippen LogP contribution in [0.3, 0.4) is 0 Å². The highest BCUT2D eigenvalue weighted by Gasteiger charge is 2.28. The Morgan fingerprint density at radius 2 is 1.50 bits per heavy atom. The molecule has 2 nitrogen and oxygen atoms in total. The van der Waals surface area contributed by atoms with Gasteiger partial charge in [0.15, 0.2) is 0 Å². The summed E-state index contributed by atoms with van der Waals surface area (Å²) in [5.41, 5.74) is 0. The smallest absolute Gasteiger partial charge is 0.314 e. The molecule has 0 rings (SSSR count). The lowest BCUT2D eigenvalue weighted by molar-refractivity contribution is -0.323. The van der Waals surface area contributed by atoms with E-state index in [9.17, 15) is 26.3 Å². The van der Waals surface area contributed by atoms with Crippen LogP contribution >= 0.6 is 0 Å². The molecule has 0 aromatic heterocycles. The quantitative estimate of drug-likeness (QED) is 0.556. The topological polar surface area (TPSA) is 21.3 Å². The van der Waals surface area contributed by atoms with E-state index in [2.05, 4.69) is 10.1 Å². The van der Waals surface area contributed by atoms with Gasteiger partial charge in [-0.3, -0.25) is 4.74 Å². The van der Waals surface area contributed by atoms with Gasteiger partial charge in [-0.15, -0.1) is 13.2 Å². The lowest BCUT2D eigenvalue weighted by atomic mass is 10.2. The third kappa shape index (κ3) is 13.5. The molecule has 0 saturated heterocycles. The average molecular weight is 253 g/mol. The van der Waals surface area contributed by atoms with E-state index >= 15 is 0 Å². The molecule has 0 aliphatic rings. The van der Waals surface area contributed by atoms with Crippen LogP contribution in [0.4, 0.5) is 26.3 Å². The Hall–Kier alpha value is -0.500. The maximum absolute atomic E-state index is 11.7. The van der Waals surface area contributed by atoms with E-state index < -0.39 is 25.6 Å². The van der Waals surface area contributed by atoms with Crippen molar-refractivity contribution in [3.05, 3.63) is 0 Å². The largest absolute Gasteiger partial charge is 0.522 e. The van der Waals surface area contributed by atoms with Crippen LogP contribution < -0.4 is 5.32 Å². The lowest BCUT2D eigenvalue weighted by Gasteiger charge is -2.08. The summed E-state index contributed by atoms with van der Waals surface area (Å²) in [6, 6.07) is 0. The Morgan fingerprint density at radius 1 is 0.875 bits per heavy atom. The fourth-order valence-electron chi connectivity index (χ4n) is 0.939. The van der Waals surface area contributed by atoms with E-state index in [1.54, 1.807) is 0 Å². The maximum Gasteiger partial charge on any atom is 0.522 e. The van der Waals surface area contributed by atoms with Gasteiger partial charge in [-0.2, -0.15) is 13.2 Å². The first-order chi connectivity index (χ1) is 7.21. The number of ether oxygens (including phenoxy) is 1. The van der Waals surface area contributed by atoms with Gasteiger partial charge in [-0.25, -0.2) is 0 Å². The Kier molecular flexibility index (Phi) is 6.73. The van der Waals surface area contributed by atoms with Gasteiger partial charge in [0.1, 0.15) is 0 Å². The van der Waals surface area contributed by atoms with E-state index in [0.29, 0.717) is 0 Å². The van der Waals surface area contributed by atoms with Gasteiger partial charge in [0.2, 0.25) is 0 Å². The van der Waals surface area contributed by atoms with Crippen molar-refractivity contribution in [1.29, 1.82) is 0 Å². The van der Waals surface area contributed by atoms with Gasteiger partial charge in [0, 0.05) is 13.0 Å². The van der Waals surface area contributed by atoms with Crippen molar-refractivity contribution >= 4 is 0 Å². The highest BCUT2D eigenvalue weighted by molar-refractivity contribution is 4.53. The third-order valence-electron chi connectivity index (χ3n) is 1.61. The zero-order valence-corrected chi connectivity index (χ0v) is 8.42. The van der Waals surface area contributed by atoms with Gasteiger partial charge in [-0.1, -0.05) is 0 Å². The van der Waals surface area contributed by atoms with Crippen LogP contribution in [0, 0.1) is 0 Å².